The number of piperidine rings is 1. The van der Waals surface area contributed by atoms with E-state index >= 15 is 0 Å². The second-order valence-corrected chi connectivity index (χ2v) is 5.13. The lowest BCUT2D eigenvalue weighted by atomic mass is 9.96. The molecule has 0 aromatic carbocycles. The quantitative estimate of drug-likeness (QED) is 0.747. The van der Waals surface area contributed by atoms with Gasteiger partial charge in [-0.25, -0.2) is 0 Å². The van der Waals surface area contributed by atoms with Crippen LogP contribution in [0.15, 0.2) is 0 Å². The molecule has 4 heteroatoms. The molecular weight excluding hydrogens is 214 g/mol. The Labute approximate surface area is 105 Å². The van der Waals surface area contributed by atoms with Gasteiger partial charge in [0.15, 0.2) is 0 Å². The molecule has 0 aromatic heterocycles. The predicted octanol–water partition coefficient (Wildman–Crippen LogP) is 0.786. The maximum atomic E-state index is 11.5. The predicted molar refractivity (Wildman–Crippen MR) is 71.0 cm³/mol. The second kappa shape index (κ2) is 7.67. The zero-order valence-corrected chi connectivity index (χ0v) is 11.5. The summed E-state index contributed by atoms with van der Waals surface area (Å²) in [6.45, 7) is 7.60. The van der Waals surface area contributed by atoms with Crippen LogP contribution < -0.4 is 5.32 Å². The van der Waals surface area contributed by atoms with Crippen LogP contribution in [-0.2, 0) is 4.79 Å². The Morgan fingerprint density at radius 1 is 1.35 bits per heavy atom. The third-order valence-electron chi connectivity index (χ3n) is 3.53. The van der Waals surface area contributed by atoms with E-state index in [1.54, 1.807) is 4.90 Å². The summed E-state index contributed by atoms with van der Waals surface area (Å²) in [5, 5.41) is 3.42. The molecule has 100 valence electrons. The Balaban J connectivity index is 2.12. The van der Waals surface area contributed by atoms with Gasteiger partial charge in [0.05, 0.1) is 0 Å². The highest BCUT2D eigenvalue weighted by molar-refractivity contribution is 5.75. The Kier molecular flexibility index (Phi) is 6.52. The van der Waals surface area contributed by atoms with Gasteiger partial charge in [0.25, 0.3) is 0 Å². The molecule has 0 aromatic rings. The van der Waals surface area contributed by atoms with Crippen LogP contribution in [0.1, 0.15) is 26.2 Å². The molecule has 4 nitrogen and oxygen atoms in total. The molecule has 0 bridgehead atoms. The average molecular weight is 241 g/mol. The van der Waals surface area contributed by atoms with Crippen LogP contribution in [-0.4, -0.2) is 62.5 Å². The van der Waals surface area contributed by atoms with Gasteiger partial charge in [-0.3, -0.25) is 4.79 Å². The molecule has 1 fully saturated rings. The Morgan fingerprint density at radius 3 is 2.53 bits per heavy atom. The maximum absolute atomic E-state index is 11.5. The molecule has 1 aliphatic rings. The van der Waals surface area contributed by atoms with Crippen molar-refractivity contribution in [3.63, 3.8) is 0 Å². The van der Waals surface area contributed by atoms with Gasteiger partial charge in [-0.2, -0.15) is 0 Å². The number of hydrogen-bond acceptors (Lipinski definition) is 3. The highest BCUT2D eigenvalue weighted by atomic mass is 16.2. The highest BCUT2D eigenvalue weighted by Gasteiger charge is 2.19. The summed E-state index contributed by atoms with van der Waals surface area (Å²) in [5.41, 5.74) is 0. The van der Waals surface area contributed by atoms with Gasteiger partial charge in [0.1, 0.15) is 0 Å². The fourth-order valence-corrected chi connectivity index (χ4v) is 2.24. The number of rotatable bonds is 6. The summed E-state index contributed by atoms with van der Waals surface area (Å²) in [4.78, 5) is 15.6. The van der Waals surface area contributed by atoms with Crippen molar-refractivity contribution >= 4 is 5.91 Å². The molecule has 1 aliphatic heterocycles. The number of nitrogens with one attached hydrogen (secondary N) is 1. The number of likely N-dealkylation sites (tertiary alicyclic amines) is 1. The minimum Gasteiger partial charge on any atom is -0.349 e. The minimum absolute atomic E-state index is 0.236. The van der Waals surface area contributed by atoms with Gasteiger partial charge < -0.3 is 15.1 Å². The van der Waals surface area contributed by atoms with E-state index in [1.807, 2.05) is 14.1 Å². The first kappa shape index (κ1) is 14.5. The van der Waals surface area contributed by atoms with Gasteiger partial charge in [-0.1, -0.05) is 6.92 Å². The van der Waals surface area contributed by atoms with Crippen LogP contribution in [0.2, 0.25) is 0 Å². The summed E-state index contributed by atoms with van der Waals surface area (Å²) >= 11 is 0. The molecule has 1 saturated heterocycles. The summed E-state index contributed by atoms with van der Waals surface area (Å²) in [5.74, 6) is 1.07. The first-order valence-electron chi connectivity index (χ1n) is 6.76. The van der Waals surface area contributed by atoms with E-state index < -0.39 is 0 Å². The Bertz CT molecular complexity index is 223. The molecule has 1 heterocycles. The fourth-order valence-electron chi connectivity index (χ4n) is 2.24. The number of hydrogen-bond donors (Lipinski definition) is 1. The van der Waals surface area contributed by atoms with Gasteiger partial charge in [-0.15, -0.1) is 0 Å². The number of nitrogens with zero attached hydrogens (tertiary/aromatic N) is 2. The molecule has 0 spiro atoms. The normalized spacial score (nSPS) is 18.3. The van der Waals surface area contributed by atoms with Crippen molar-refractivity contribution in [3.8, 4) is 0 Å². The highest BCUT2D eigenvalue weighted by Crippen LogP contribution is 2.16. The molecular formula is C13H27N3O. The van der Waals surface area contributed by atoms with E-state index in [2.05, 4.69) is 17.1 Å². The van der Waals surface area contributed by atoms with Crippen LogP contribution in [0.5, 0.6) is 0 Å². The summed E-state index contributed by atoms with van der Waals surface area (Å²) in [6.07, 6.45) is 3.19. The lowest BCUT2D eigenvalue weighted by molar-refractivity contribution is -0.129. The smallest absolute Gasteiger partial charge is 0.223 e. The third kappa shape index (κ3) is 5.50. The number of amides is 1. The van der Waals surface area contributed by atoms with E-state index in [-0.39, 0.29) is 5.91 Å². The fraction of sp³-hybridized carbons (Fsp3) is 0.923. The van der Waals surface area contributed by atoms with Crippen molar-refractivity contribution in [1.29, 1.82) is 0 Å². The molecule has 0 radical (unpaired) electrons. The van der Waals surface area contributed by atoms with Crippen molar-refractivity contribution in [3.05, 3.63) is 0 Å². The molecule has 0 aliphatic carbocycles. The first-order valence-corrected chi connectivity index (χ1v) is 6.76. The zero-order valence-electron chi connectivity index (χ0n) is 11.5. The summed E-state index contributed by atoms with van der Waals surface area (Å²) in [6, 6.07) is 0. The van der Waals surface area contributed by atoms with E-state index in [9.17, 15) is 4.79 Å². The third-order valence-corrected chi connectivity index (χ3v) is 3.53. The molecule has 0 unspecified atom stereocenters. The van der Waals surface area contributed by atoms with Crippen molar-refractivity contribution < 1.29 is 4.79 Å². The van der Waals surface area contributed by atoms with Crippen molar-refractivity contribution in [2.24, 2.45) is 5.92 Å². The Hall–Kier alpha value is -0.610. The topological polar surface area (TPSA) is 35.6 Å². The minimum atomic E-state index is 0.236. The van der Waals surface area contributed by atoms with Gasteiger partial charge in [0.2, 0.25) is 5.91 Å². The van der Waals surface area contributed by atoms with E-state index in [4.69, 9.17) is 0 Å². The number of carbonyl (C=O) groups is 1. The lowest BCUT2D eigenvalue weighted by Gasteiger charge is -2.32. The first-order chi connectivity index (χ1) is 8.13. The van der Waals surface area contributed by atoms with Crippen LogP contribution >= 0.6 is 0 Å². The lowest BCUT2D eigenvalue weighted by Crippen LogP contribution is -2.39. The summed E-state index contributed by atoms with van der Waals surface area (Å²) < 4.78 is 0. The largest absolute Gasteiger partial charge is 0.349 e. The molecule has 1 N–H and O–H groups in total. The molecule has 1 amide bonds. The zero-order chi connectivity index (χ0) is 12.7. The van der Waals surface area contributed by atoms with Crippen LogP contribution in [0.3, 0.4) is 0 Å². The van der Waals surface area contributed by atoms with Crippen molar-refractivity contribution in [1.82, 2.24) is 15.1 Å². The van der Waals surface area contributed by atoms with E-state index in [1.165, 1.54) is 12.8 Å². The molecule has 1 rings (SSSR count). The van der Waals surface area contributed by atoms with Gasteiger partial charge in [-0.05, 0) is 44.9 Å². The van der Waals surface area contributed by atoms with E-state index in [0.29, 0.717) is 6.42 Å². The van der Waals surface area contributed by atoms with Crippen LogP contribution in [0, 0.1) is 5.92 Å². The van der Waals surface area contributed by atoms with E-state index in [0.717, 1.165) is 38.6 Å². The second-order valence-electron chi connectivity index (χ2n) is 5.13. The molecule has 0 saturated carbocycles. The number of carbonyl (C=O) groups excluding carboxylic acids is 1. The Morgan fingerprint density at radius 2 is 2.00 bits per heavy atom. The standard InChI is InChI=1S/C13H27N3O/c1-4-14-11-12-5-8-16(9-6-12)10-7-13(17)15(2)3/h12,14H,4-11H2,1-3H3. The molecule has 17 heavy (non-hydrogen) atoms. The van der Waals surface area contributed by atoms with Gasteiger partial charge in [0, 0.05) is 27.1 Å². The van der Waals surface area contributed by atoms with Crippen molar-refractivity contribution in [2.75, 3.05) is 46.8 Å². The summed E-state index contributed by atoms with van der Waals surface area (Å²) in [7, 11) is 3.65. The van der Waals surface area contributed by atoms with Crippen LogP contribution in [0.25, 0.3) is 0 Å². The average Bonchev–Trinajstić information content (AvgIpc) is 2.34. The maximum Gasteiger partial charge on any atom is 0.223 e. The van der Waals surface area contributed by atoms with Gasteiger partial charge >= 0.3 is 0 Å². The van der Waals surface area contributed by atoms with Crippen LogP contribution in [0.4, 0.5) is 0 Å². The van der Waals surface area contributed by atoms with Crippen molar-refractivity contribution in [2.45, 2.75) is 26.2 Å². The monoisotopic (exact) mass is 241 g/mol. The SMILES string of the molecule is CCNCC1CCN(CCC(=O)N(C)C)CC1. The molecule has 0 atom stereocenters.